The number of H-pyrrole nitrogens is 1. The molecule has 1 aromatic heterocycles. The number of rotatable bonds is 9. The highest BCUT2D eigenvalue weighted by molar-refractivity contribution is 5.88. The molecule has 2 aromatic carbocycles. The van der Waals surface area contributed by atoms with Crippen LogP contribution in [0, 0.1) is 5.82 Å². The van der Waals surface area contributed by atoms with Crippen molar-refractivity contribution in [2.24, 2.45) is 0 Å². The molecule has 1 saturated heterocycles. The lowest BCUT2D eigenvalue weighted by atomic mass is 10.0. The summed E-state index contributed by atoms with van der Waals surface area (Å²) in [5, 5.41) is 11.2. The summed E-state index contributed by atoms with van der Waals surface area (Å²) in [6.07, 6.45) is 5.00. The van der Waals surface area contributed by atoms with Crippen LogP contribution in [0.5, 0.6) is 5.75 Å². The number of ether oxygens (including phenoxy) is 1. The zero-order valence-corrected chi connectivity index (χ0v) is 22.6. The van der Waals surface area contributed by atoms with Crippen LogP contribution in [0.15, 0.2) is 48.0 Å². The van der Waals surface area contributed by atoms with Crippen molar-refractivity contribution in [3.63, 3.8) is 0 Å². The van der Waals surface area contributed by atoms with E-state index in [2.05, 4.69) is 76.6 Å². The number of nitrogens with one attached hydrogen (secondary N) is 2. The standard InChI is InChI=1S/C30H38FN5O/c1-6-21(2)18-27-25(19-22(3)29-26(31)8-7-9-28(29)37-5)30(34-33-27)32-20-23-10-12-24(13-11-23)36-16-14-35(4)15-17-36/h7-13,18-19H,6,14-17,20H2,1-5H3,(H2,32,33,34)/b21-18?,22-19+. The van der Waals surface area contributed by atoms with Crippen molar-refractivity contribution in [2.45, 2.75) is 33.7 Å². The molecule has 0 spiro atoms. The van der Waals surface area contributed by atoms with E-state index in [0.717, 1.165) is 55.2 Å². The third-order valence-electron chi connectivity index (χ3n) is 7.00. The SMILES string of the molecule is CCC(C)=Cc1[nH]nc(NCc2ccc(N3CCN(C)CC3)cc2)c1/C=C(\C)c1c(F)cccc1OC. The van der Waals surface area contributed by atoms with Crippen LogP contribution in [0.25, 0.3) is 17.7 Å². The van der Waals surface area contributed by atoms with Gasteiger partial charge in [0, 0.05) is 44.0 Å². The van der Waals surface area contributed by atoms with E-state index < -0.39 is 0 Å². The van der Waals surface area contributed by atoms with Crippen LogP contribution in [0.1, 0.15) is 49.6 Å². The number of aromatic amines is 1. The van der Waals surface area contributed by atoms with Crippen molar-refractivity contribution in [3.8, 4) is 5.75 Å². The molecule has 0 bridgehead atoms. The Bertz CT molecular complexity index is 1250. The Morgan fingerprint density at radius 2 is 1.81 bits per heavy atom. The fourth-order valence-corrected chi connectivity index (χ4v) is 4.52. The lowest BCUT2D eigenvalue weighted by Crippen LogP contribution is -2.44. The van der Waals surface area contributed by atoms with Crippen molar-refractivity contribution in [1.82, 2.24) is 15.1 Å². The predicted octanol–water partition coefficient (Wildman–Crippen LogP) is 6.30. The number of piperazine rings is 1. The summed E-state index contributed by atoms with van der Waals surface area (Å²) in [4.78, 5) is 4.79. The zero-order chi connectivity index (χ0) is 26.4. The molecule has 0 unspecified atom stereocenters. The molecule has 0 aliphatic carbocycles. The maximum atomic E-state index is 14.8. The van der Waals surface area contributed by atoms with Gasteiger partial charge in [0.05, 0.1) is 18.4 Å². The van der Waals surface area contributed by atoms with Crippen molar-refractivity contribution in [2.75, 3.05) is 50.6 Å². The number of aromatic nitrogens is 2. The highest BCUT2D eigenvalue weighted by Gasteiger charge is 2.16. The van der Waals surface area contributed by atoms with Gasteiger partial charge < -0.3 is 19.9 Å². The van der Waals surface area contributed by atoms with E-state index >= 15 is 0 Å². The topological polar surface area (TPSA) is 56.4 Å². The summed E-state index contributed by atoms with van der Waals surface area (Å²) in [5.41, 5.74) is 6.66. The van der Waals surface area contributed by atoms with Crippen LogP contribution in [0.2, 0.25) is 0 Å². The van der Waals surface area contributed by atoms with Gasteiger partial charge in [-0.3, -0.25) is 5.10 Å². The van der Waals surface area contributed by atoms with Crippen molar-refractivity contribution in [1.29, 1.82) is 0 Å². The highest BCUT2D eigenvalue weighted by atomic mass is 19.1. The smallest absolute Gasteiger partial charge is 0.156 e. The van der Waals surface area contributed by atoms with E-state index in [1.165, 1.54) is 22.9 Å². The number of methoxy groups -OCH3 is 1. The minimum atomic E-state index is -0.312. The largest absolute Gasteiger partial charge is 0.496 e. The maximum Gasteiger partial charge on any atom is 0.156 e. The molecule has 0 atom stereocenters. The van der Waals surface area contributed by atoms with Gasteiger partial charge in [0.15, 0.2) is 5.82 Å². The number of likely N-dealkylation sites (N-methyl/N-ethyl adjacent to an activating group) is 1. The van der Waals surface area contributed by atoms with E-state index in [1.807, 2.05) is 13.0 Å². The average molecular weight is 504 g/mol. The van der Waals surface area contributed by atoms with Gasteiger partial charge in [0.2, 0.25) is 0 Å². The second-order valence-electron chi connectivity index (χ2n) is 9.70. The molecule has 3 aromatic rings. The lowest BCUT2D eigenvalue weighted by molar-refractivity contribution is 0.313. The molecule has 1 aliphatic heterocycles. The fourth-order valence-electron chi connectivity index (χ4n) is 4.52. The van der Waals surface area contributed by atoms with Gasteiger partial charge >= 0.3 is 0 Å². The highest BCUT2D eigenvalue weighted by Crippen LogP contribution is 2.32. The first-order chi connectivity index (χ1) is 17.9. The molecule has 37 heavy (non-hydrogen) atoms. The van der Waals surface area contributed by atoms with E-state index in [4.69, 9.17) is 4.74 Å². The number of nitrogens with zero attached hydrogens (tertiary/aromatic N) is 3. The molecule has 0 amide bonds. The van der Waals surface area contributed by atoms with Gasteiger partial charge in [0.1, 0.15) is 11.6 Å². The van der Waals surface area contributed by atoms with Gasteiger partial charge in [-0.2, -0.15) is 5.10 Å². The monoisotopic (exact) mass is 503 g/mol. The van der Waals surface area contributed by atoms with Crippen LogP contribution in [0.4, 0.5) is 15.9 Å². The summed E-state index contributed by atoms with van der Waals surface area (Å²) in [7, 11) is 3.73. The molecule has 6 nitrogen and oxygen atoms in total. The molecule has 1 aliphatic rings. The molecule has 7 heteroatoms. The number of hydrogen-bond acceptors (Lipinski definition) is 5. The first-order valence-electron chi connectivity index (χ1n) is 12.9. The average Bonchev–Trinajstić information content (AvgIpc) is 3.28. The number of benzene rings is 2. The lowest BCUT2D eigenvalue weighted by Gasteiger charge is -2.34. The predicted molar refractivity (Wildman–Crippen MR) is 153 cm³/mol. The summed E-state index contributed by atoms with van der Waals surface area (Å²) < 4.78 is 20.2. The fraction of sp³-hybridized carbons (Fsp3) is 0.367. The van der Waals surface area contributed by atoms with Crippen LogP contribution in [-0.2, 0) is 6.54 Å². The molecule has 4 rings (SSSR count). The minimum Gasteiger partial charge on any atom is -0.496 e. The quantitative estimate of drug-likeness (QED) is 0.359. The third kappa shape index (κ3) is 6.41. The van der Waals surface area contributed by atoms with Crippen LogP contribution < -0.4 is 15.0 Å². The number of halogens is 1. The Morgan fingerprint density at radius 3 is 2.49 bits per heavy atom. The Balaban J connectivity index is 1.57. The third-order valence-corrected chi connectivity index (χ3v) is 7.00. The zero-order valence-electron chi connectivity index (χ0n) is 22.6. The first kappa shape index (κ1) is 26.5. The molecular formula is C30H38FN5O. The molecule has 1 fully saturated rings. The summed E-state index contributed by atoms with van der Waals surface area (Å²) in [6, 6.07) is 13.6. The summed E-state index contributed by atoms with van der Waals surface area (Å²) in [6.45, 7) is 11.0. The molecule has 196 valence electrons. The molecule has 0 radical (unpaired) electrons. The van der Waals surface area contributed by atoms with Crippen molar-refractivity contribution in [3.05, 3.63) is 76.2 Å². The van der Waals surface area contributed by atoms with E-state index in [0.29, 0.717) is 17.9 Å². The number of anilines is 2. The Kier molecular flexibility index (Phi) is 8.66. The maximum absolute atomic E-state index is 14.8. The van der Waals surface area contributed by atoms with E-state index in [9.17, 15) is 4.39 Å². The van der Waals surface area contributed by atoms with Gasteiger partial charge in [-0.05, 0) is 74.9 Å². The summed E-state index contributed by atoms with van der Waals surface area (Å²) in [5.74, 6) is 0.926. The van der Waals surface area contributed by atoms with Crippen molar-refractivity contribution >= 4 is 29.2 Å². The number of hydrogen-bond donors (Lipinski definition) is 2. The van der Waals surface area contributed by atoms with Gasteiger partial charge in [0.25, 0.3) is 0 Å². The Labute approximate surface area is 219 Å². The second-order valence-corrected chi connectivity index (χ2v) is 9.70. The molecular weight excluding hydrogens is 465 g/mol. The van der Waals surface area contributed by atoms with Gasteiger partial charge in [-0.1, -0.05) is 30.7 Å². The van der Waals surface area contributed by atoms with Crippen LogP contribution >= 0.6 is 0 Å². The molecule has 0 saturated carbocycles. The van der Waals surface area contributed by atoms with Gasteiger partial charge in [-0.15, -0.1) is 0 Å². The molecule has 2 N–H and O–H groups in total. The van der Waals surface area contributed by atoms with Gasteiger partial charge in [-0.25, -0.2) is 4.39 Å². The minimum absolute atomic E-state index is 0.312. The van der Waals surface area contributed by atoms with Crippen LogP contribution in [-0.4, -0.2) is 55.4 Å². The first-order valence-corrected chi connectivity index (χ1v) is 12.9. The Hall–Kier alpha value is -3.58. The van der Waals surface area contributed by atoms with E-state index in [-0.39, 0.29) is 5.82 Å². The normalized spacial score (nSPS) is 15.2. The summed E-state index contributed by atoms with van der Waals surface area (Å²) >= 11 is 0. The number of allylic oxidation sites excluding steroid dienone is 2. The second kappa shape index (κ2) is 12.1. The Morgan fingerprint density at radius 1 is 1.08 bits per heavy atom. The van der Waals surface area contributed by atoms with Crippen molar-refractivity contribution < 1.29 is 9.13 Å². The van der Waals surface area contributed by atoms with Crippen LogP contribution in [0.3, 0.4) is 0 Å². The molecule has 2 heterocycles. The van der Waals surface area contributed by atoms with E-state index in [1.54, 1.807) is 19.2 Å².